The summed E-state index contributed by atoms with van der Waals surface area (Å²) in [7, 11) is 2.13. The Morgan fingerprint density at radius 1 is 1.04 bits per heavy atom. The zero-order valence-electron chi connectivity index (χ0n) is 13.6. The first-order valence-electron chi connectivity index (χ1n) is 7.12. The van der Waals surface area contributed by atoms with Crippen LogP contribution in [0.3, 0.4) is 0 Å². The fourth-order valence-corrected chi connectivity index (χ4v) is 2.23. The van der Waals surface area contributed by atoms with Gasteiger partial charge in [0.25, 0.3) is 0 Å². The molecule has 0 saturated carbocycles. The normalized spacial score (nSPS) is 14.3. The lowest BCUT2D eigenvalue weighted by molar-refractivity contribution is -0.139. The summed E-state index contributed by atoms with van der Waals surface area (Å²) in [6.45, 7) is 0. The van der Waals surface area contributed by atoms with E-state index in [1.54, 1.807) is 0 Å². The minimum Gasteiger partial charge on any atom is -0.465 e. The Balaban J connectivity index is 2.66. The van der Waals surface area contributed by atoms with Crippen molar-refractivity contribution >= 4 is 17.6 Å². The number of esters is 2. The van der Waals surface area contributed by atoms with Crippen LogP contribution in [0.1, 0.15) is 5.56 Å². The first-order valence-corrected chi connectivity index (χ1v) is 7.12. The molecule has 0 aromatic heterocycles. The lowest BCUT2D eigenvalue weighted by Crippen LogP contribution is -2.27. The Hall–Kier alpha value is -3.10. The van der Waals surface area contributed by atoms with Crippen molar-refractivity contribution in [1.82, 2.24) is 0 Å². The van der Waals surface area contributed by atoms with Crippen LogP contribution >= 0.6 is 0 Å². The predicted octanol–water partition coefficient (Wildman–Crippen LogP) is 3.33. The second-order valence-corrected chi connectivity index (χ2v) is 4.98. The Morgan fingerprint density at radius 2 is 1.69 bits per heavy atom. The third kappa shape index (κ3) is 3.76. The molecule has 2 rings (SSSR count). The molecule has 1 aromatic carbocycles. The molecule has 1 aliphatic rings. The second-order valence-electron chi connectivity index (χ2n) is 4.98. The number of methoxy groups -OCH3 is 2. The van der Waals surface area contributed by atoms with Crippen LogP contribution < -0.4 is 4.90 Å². The summed E-state index contributed by atoms with van der Waals surface area (Å²) >= 11 is 0. The first kappa shape index (κ1) is 19.2. The largest absolute Gasteiger partial charge is 0.465 e. The van der Waals surface area contributed by atoms with Crippen molar-refractivity contribution in [2.75, 3.05) is 19.1 Å². The summed E-state index contributed by atoms with van der Waals surface area (Å²) in [5, 5.41) is 0. The van der Waals surface area contributed by atoms with Crippen molar-refractivity contribution in [1.29, 1.82) is 0 Å². The molecule has 0 amide bonds. The summed E-state index contributed by atoms with van der Waals surface area (Å²) in [5.74, 6) is -3.14. The van der Waals surface area contributed by atoms with Gasteiger partial charge in [-0.3, -0.25) is 0 Å². The van der Waals surface area contributed by atoms with Crippen molar-refractivity contribution in [3.8, 4) is 0 Å². The molecule has 0 N–H and O–H groups in total. The van der Waals surface area contributed by atoms with E-state index in [9.17, 15) is 27.2 Å². The summed E-state index contributed by atoms with van der Waals surface area (Å²) in [5.41, 5.74) is -2.21. The van der Waals surface area contributed by atoms with Gasteiger partial charge in [0.1, 0.15) is 11.5 Å². The number of allylic oxidation sites excluding steroid dienone is 2. The first-order chi connectivity index (χ1) is 12.2. The number of anilines is 1. The molecule has 1 aromatic rings. The summed E-state index contributed by atoms with van der Waals surface area (Å²) in [4.78, 5) is 25.1. The highest BCUT2D eigenvalue weighted by Gasteiger charge is 2.33. The monoisotopic (exact) mass is 371 g/mol. The van der Waals surface area contributed by atoms with E-state index in [0.29, 0.717) is 12.1 Å². The summed E-state index contributed by atoms with van der Waals surface area (Å²) < 4.78 is 61.8. The van der Waals surface area contributed by atoms with Crippen LogP contribution in [-0.4, -0.2) is 26.2 Å². The number of rotatable bonds is 3. The minimum absolute atomic E-state index is 0.247. The smallest absolute Gasteiger partial charge is 0.416 e. The van der Waals surface area contributed by atoms with E-state index in [2.05, 4.69) is 9.47 Å². The van der Waals surface area contributed by atoms with Gasteiger partial charge < -0.3 is 14.4 Å². The summed E-state index contributed by atoms with van der Waals surface area (Å²) in [6, 6.07) is 1.82. The predicted molar refractivity (Wildman–Crippen MR) is 83.2 cm³/mol. The fraction of sp³-hybridized carbons (Fsp3) is 0.176. The topological polar surface area (TPSA) is 55.8 Å². The van der Waals surface area contributed by atoms with E-state index in [0.717, 1.165) is 25.2 Å². The van der Waals surface area contributed by atoms with Gasteiger partial charge in [-0.2, -0.15) is 13.2 Å². The number of alkyl halides is 3. The Morgan fingerprint density at radius 3 is 2.23 bits per heavy atom. The molecule has 0 fully saturated rings. The standard InChI is InChI=1S/C17H13F4NO4/c1-25-15(23)11-5-3-4-8-22(14(11)16(24)26-2)13-7-6-10(9-12(13)18)17(19,20)21/h3-9H,1-2H3. The minimum atomic E-state index is -4.73. The van der Waals surface area contributed by atoms with Crippen LogP contribution in [0.15, 0.2) is 53.9 Å². The third-order valence-electron chi connectivity index (χ3n) is 3.42. The van der Waals surface area contributed by atoms with Crippen molar-refractivity contribution < 1.29 is 36.6 Å². The van der Waals surface area contributed by atoms with E-state index in [4.69, 9.17) is 0 Å². The molecule has 0 saturated heterocycles. The molecule has 0 atom stereocenters. The second kappa shape index (κ2) is 7.42. The van der Waals surface area contributed by atoms with Crippen LogP contribution in [0.2, 0.25) is 0 Å². The van der Waals surface area contributed by atoms with Gasteiger partial charge in [-0.25, -0.2) is 14.0 Å². The zero-order valence-corrected chi connectivity index (χ0v) is 13.6. The van der Waals surface area contributed by atoms with Gasteiger partial charge >= 0.3 is 18.1 Å². The summed E-state index contributed by atoms with van der Waals surface area (Å²) in [6.07, 6.45) is 0.488. The highest BCUT2D eigenvalue weighted by atomic mass is 19.4. The van der Waals surface area contributed by atoms with Gasteiger partial charge in [-0.1, -0.05) is 6.08 Å². The maximum Gasteiger partial charge on any atom is 0.416 e. The van der Waals surface area contributed by atoms with Crippen LogP contribution in [-0.2, 0) is 25.2 Å². The molecule has 1 heterocycles. The van der Waals surface area contributed by atoms with E-state index < -0.39 is 35.2 Å². The van der Waals surface area contributed by atoms with Gasteiger partial charge in [-0.15, -0.1) is 0 Å². The Bertz CT molecular complexity index is 825. The molecule has 0 spiro atoms. The molecule has 9 heteroatoms. The van der Waals surface area contributed by atoms with Gasteiger partial charge in [-0.05, 0) is 30.4 Å². The van der Waals surface area contributed by atoms with Crippen molar-refractivity contribution in [2.45, 2.75) is 6.18 Å². The van der Waals surface area contributed by atoms with Crippen molar-refractivity contribution in [3.05, 3.63) is 65.3 Å². The maximum atomic E-state index is 14.4. The molecule has 0 unspecified atom stereocenters. The van der Waals surface area contributed by atoms with Crippen molar-refractivity contribution in [3.63, 3.8) is 0 Å². The van der Waals surface area contributed by atoms with Crippen molar-refractivity contribution in [2.24, 2.45) is 0 Å². The highest BCUT2D eigenvalue weighted by Crippen LogP contribution is 2.34. The zero-order chi connectivity index (χ0) is 19.5. The molecule has 138 valence electrons. The average molecular weight is 371 g/mol. The van der Waals surface area contributed by atoms with Crippen LogP contribution in [0, 0.1) is 5.82 Å². The molecule has 0 radical (unpaired) electrons. The number of carbonyl (C=O) groups excluding carboxylic acids is 2. The van der Waals surface area contributed by atoms with Crippen LogP contribution in [0.4, 0.5) is 23.2 Å². The molecule has 0 aliphatic carbocycles. The number of benzene rings is 1. The lowest BCUT2D eigenvalue weighted by Gasteiger charge is -2.24. The molecular weight excluding hydrogens is 358 g/mol. The molecule has 26 heavy (non-hydrogen) atoms. The molecular formula is C17H13F4NO4. The van der Waals surface area contributed by atoms with Crippen LogP contribution in [0.25, 0.3) is 0 Å². The Kier molecular flexibility index (Phi) is 5.49. The number of nitrogens with zero attached hydrogens (tertiary/aromatic N) is 1. The van der Waals surface area contributed by atoms with E-state index in [1.165, 1.54) is 24.4 Å². The number of carbonyl (C=O) groups is 2. The number of ether oxygens (including phenoxy) is 2. The van der Waals surface area contributed by atoms with E-state index in [1.807, 2.05) is 0 Å². The number of hydrogen-bond acceptors (Lipinski definition) is 5. The number of halogens is 4. The number of hydrogen-bond donors (Lipinski definition) is 0. The van der Waals surface area contributed by atoms with Gasteiger partial charge in [0.2, 0.25) is 0 Å². The SMILES string of the molecule is COC(=O)C1=C(C(=O)OC)N(c2ccc(C(F)(F)F)cc2F)C=CC=C1. The molecule has 5 nitrogen and oxygen atoms in total. The van der Waals surface area contributed by atoms with Gasteiger partial charge in [0, 0.05) is 6.20 Å². The van der Waals surface area contributed by atoms with Gasteiger partial charge in [0.15, 0.2) is 0 Å². The highest BCUT2D eigenvalue weighted by molar-refractivity contribution is 6.05. The molecule has 0 bridgehead atoms. The van der Waals surface area contributed by atoms with E-state index in [-0.39, 0.29) is 11.3 Å². The third-order valence-corrected chi connectivity index (χ3v) is 3.42. The molecule has 1 aliphatic heterocycles. The lowest BCUT2D eigenvalue weighted by atomic mass is 10.1. The fourth-order valence-electron chi connectivity index (χ4n) is 2.23. The average Bonchev–Trinajstić information content (AvgIpc) is 2.82. The maximum absolute atomic E-state index is 14.4. The van der Waals surface area contributed by atoms with E-state index >= 15 is 0 Å². The van der Waals surface area contributed by atoms with Crippen LogP contribution in [0.5, 0.6) is 0 Å². The van der Waals surface area contributed by atoms with Gasteiger partial charge in [0.05, 0.1) is 31.0 Å². The Labute approximate surface area is 145 Å². The quantitative estimate of drug-likeness (QED) is 0.603.